The lowest BCUT2D eigenvalue weighted by molar-refractivity contribution is -0.0562. The maximum atomic E-state index is 11.2. The Balaban J connectivity index is 0.00000182. The van der Waals surface area contributed by atoms with E-state index in [9.17, 15) is 5.11 Å². The number of halogens is 1. The zero-order valence-corrected chi connectivity index (χ0v) is 16.6. The highest BCUT2D eigenvalue weighted by atomic mass is 79.9. The molecule has 2 bridgehead atoms. The van der Waals surface area contributed by atoms with Crippen LogP contribution in [0.1, 0.15) is 37.9 Å². The van der Waals surface area contributed by atoms with Gasteiger partial charge in [-0.3, -0.25) is 9.88 Å². The van der Waals surface area contributed by atoms with Gasteiger partial charge >= 0.3 is 0 Å². The van der Waals surface area contributed by atoms with Crippen molar-refractivity contribution in [1.29, 1.82) is 0 Å². The molecule has 0 aliphatic carbocycles. The summed E-state index contributed by atoms with van der Waals surface area (Å²) in [5.74, 6) is 2.37. The van der Waals surface area contributed by atoms with E-state index >= 15 is 0 Å². The number of ether oxygens (including phenoxy) is 1. The largest absolute Gasteiger partial charge is 0.497 e. The summed E-state index contributed by atoms with van der Waals surface area (Å²) in [6.45, 7) is 4.55. The molecule has 1 aromatic heterocycles. The van der Waals surface area contributed by atoms with Crippen LogP contribution >= 0.6 is 17.0 Å². The third-order valence-corrected chi connectivity index (χ3v) is 6.13. The Morgan fingerprint density at radius 1 is 1.36 bits per heavy atom. The summed E-state index contributed by atoms with van der Waals surface area (Å²) in [5.41, 5.74) is 1.89. The molecule has 0 amide bonds. The van der Waals surface area contributed by atoms with Crippen molar-refractivity contribution in [2.24, 2.45) is 11.8 Å². The van der Waals surface area contributed by atoms with Crippen LogP contribution in [0.2, 0.25) is 0 Å². The smallest absolute Gasteiger partial charge is 0.119 e. The van der Waals surface area contributed by atoms with Crippen molar-refractivity contribution in [3.63, 3.8) is 0 Å². The van der Waals surface area contributed by atoms with Gasteiger partial charge in [0.2, 0.25) is 0 Å². The number of aromatic nitrogens is 1. The van der Waals surface area contributed by atoms with Gasteiger partial charge in [-0.2, -0.15) is 0 Å². The van der Waals surface area contributed by atoms with Gasteiger partial charge in [0.25, 0.3) is 0 Å². The molecule has 0 saturated carbocycles. The van der Waals surface area contributed by atoms with Gasteiger partial charge in [0.05, 0.1) is 18.7 Å². The van der Waals surface area contributed by atoms with Gasteiger partial charge in [-0.15, -0.1) is 17.0 Å². The minimum Gasteiger partial charge on any atom is -0.497 e. The molecule has 4 nitrogen and oxygen atoms in total. The number of hydrogen-bond acceptors (Lipinski definition) is 4. The van der Waals surface area contributed by atoms with Crippen LogP contribution < -0.4 is 4.74 Å². The zero-order chi connectivity index (χ0) is 16.7. The topological polar surface area (TPSA) is 45.6 Å². The van der Waals surface area contributed by atoms with Gasteiger partial charge in [0, 0.05) is 24.2 Å². The second-order valence-corrected chi connectivity index (χ2v) is 7.24. The predicted molar refractivity (Wildman–Crippen MR) is 105 cm³/mol. The molecule has 4 heterocycles. The molecule has 0 radical (unpaired) electrons. The number of piperidine rings is 3. The van der Waals surface area contributed by atoms with E-state index in [-0.39, 0.29) is 23.0 Å². The Bertz CT molecular complexity index is 739. The van der Waals surface area contributed by atoms with Gasteiger partial charge in [0.15, 0.2) is 0 Å². The molecule has 2 unspecified atom stereocenters. The fourth-order valence-corrected chi connectivity index (χ4v) is 4.71. The van der Waals surface area contributed by atoms with E-state index in [2.05, 4.69) is 16.8 Å². The number of rotatable bonds is 4. The van der Waals surface area contributed by atoms with Gasteiger partial charge in [0.1, 0.15) is 5.75 Å². The van der Waals surface area contributed by atoms with Crippen molar-refractivity contribution in [2.75, 3.05) is 20.2 Å². The molecule has 3 aliphatic rings. The Labute approximate surface area is 160 Å². The first-order valence-corrected chi connectivity index (χ1v) is 9.06. The van der Waals surface area contributed by atoms with Crippen LogP contribution in [0.15, 0.2) is 30.5 Å². The molecule has 0 spiro atoms. The molecule has 5 heteroatoms. The summed E-state index contributed by atoms with van der Waals surface area (Å²) >= 11 is 0. The fourth-order valence-electron chi connectivity index (χ4n) is 4.71. The normalized spacial score (nSPS) is 29.2. The summed E-state index contributed by atoms with van der Waals surface area (Å²) in [4.78, 5) is 6.94. The van der Waals surface area contributed by atoms with Gasteiger partial charge in [-0.25, -0.2) is 0 Å². The molecule has 2 aromatic rings. The number of aliphatic hydroxyl groups is 1. The molecular weight excluding hydrogens is 380 g/mol. The maximum Gasteiger partial charge on any atom is 0.119 e. The molecular formula is C20H27BrN2O2. The van der Waals surface area contributed by atoms with Crippen LogP contribution in [-0.4, -0.2) is 41.2 Å². The SMILES string of the molecule is Br.CC[C@H]1CN2CCC1C[C@H]2[C@H](O)c1ccnc2ccc(OC)cc12. The molecule has 1 N–H and O–H groups in total. The van der Waals surface area contributed by atoms with E-state index in [0.29, 0.717) is 0 Å². The van der Waals surface area contributed by atoms with Gasteiger partial charge < -0.3 is 9.84 Å². The number of nitrogens with zero attached hydrogens (tertiary/aromatic N) is 2. The summed E-state index contributed by atoms with van der Waals surface area (Å²) in [6, 6.07) is 8.07. The number of methoxy groups -OCH3 is 1. The molecule has 5 atom stereocenters. The highest BCUT2D eigenvalue weighted by molar-refractivity contribution is 8.93. The van der Waals surface area contributed by atoms with Gasteiger partial charge in [-0.1, -0.05) is 13.3 Å². The zero-order valence-electron chi connectivity index (χ0n) is 14.9. The van der Waals surface area contributed by atoms with Crippen LogP contribution in [-0.2, 0) is 0 Å². The summed E-state index contributed by atoms with van der Waals surface area (Å²) < 4.78 is 5.36. The number of benzene rings is 1. The van der Waals surface area contributed by atoms with Crippen molar-refractivity contribution in [3.05, 3.63) is 36.0 Å². The molecule has 25 heavy (non-hydrogen) atoms. The molecule has 3 saturated heterocycles. The summed E-state index contributed by atoms with van der Waals surface area (Å²) in [7, 11) is 1.67. The monoisotopic (exact) mass is 406 g/mol. The lowest BCUT2D eigenvalue weighted by Crippen LogP contribution is -2.55. The quantitative estimate of drug-likeness (QED) is 0.833. The summed E-state index contributed by atoms with van der Waals surface area (Å²) in [5, 5.41) is 12.2. The number of fused-ring (bicyclic) bond motifs is 4. The van der Waals surface area contributed by atoms with E-state index in [1.807, 2.05) is 24.3 Å². The highest BCUT2D eigenvalue weighted by Gasteiger charge is 2.42. The van der Waals surface area contributed by atoms with Crippen LogP contribution in [0, 0.1) is 11.8 Å². The van der Waals surface area contributed by atoms with Crippen LogP contribution in [0.25, 0.3) is 10.9 Å². The van der Waals surface area contributed by atoms with Crippen LogP contribution in [0.5, 0.6) is 5.75 Å². The van der Waals surface area contributed by atoms with E-state index in [1.54, 1.807) is 13.3 Å². The number of hydrogen-bond donors (Lipinski definition) is 1. The van der Waals surface area contributed by atoms with Crippen LogP contribution in [0.3, 0.4) is 0 Å². The fraction of sp³-hybridized carbons (Fsp3) is 0.550. The highest BCUT2D eigenvalue weighted by Crippen LogP contribution is 2.42. The van der Waals surface area contributed by atoms with E-state index in [4.69, 9.17) is 4.74 Å². The predicted octanol–water partition coefficient (Wildman–Crippen LogP) is 3.98. The van der Waals surface area contributed by atoms with Crippen molar-refractivity contribution in [3.8, 4) is 5.75 Å². The van der Waals surface area contributed by atoms with Crippen LogP contribution in [0.4, 0.5) is 0 Å². The van der Waals surface area contributed by atoms with Crippen molar-refractivity contribution in [2.45, 2.75) is 38.3 Å². The number of aliphatic hydroxyl groups excluding tert-OH is 1. The van der Waals surface area contributed by atoms with E-state index in [1.165, 1.54) is 12.8 Å². The van der Waals surface area contributed by atoms with E-state index < -0.39 is 6.10 Å². The molecule has 1 aromatic carbocycles. The average molecular weight is 407 g/mol. The Kier molecular flexibility index (Phi) is 5.66. The Hall–Kier alpha value is -1.17. The Morgan fingerprint density at radius 3 is 2.88 bits per heavy atom. The third-order valence-electron chi connectivity index (χ3n) is 6.13. The lowest BCUT2D eigenvalue weighted by atomic mass is 9.72. The van der Waals surface area contributed by atoms with Crippen molar-refractivity contribution < 1.29 is 9.84 Å². The standard InChI is InChI=1S/C20H26N2O2.BrH/c1-3-13-12-22-9-7-14(13)10-19(22)20(23)16-6-8-21-18-5-4-15(24-2)11-17(16)18;/h4-6,8,11,13-14,19-20,23H,3,7,9-10,12H2,1-2H3;1H/t13-,14?,19-,20+;/m0./s1. The molecule has 3 fully saturated rings. The van der Waals surface area contributed by atoms with Crippen molar-refractivity contribution >= 4 is 27.9 Å². The Morgan fingerprint density at radius 2 is 2.20 bits per heavy atom. The molecule has 5 rings (SSSR count). The molecule has 3 aliphatic heterocycles. The lowest BCUT2D eigenvalue weighted by Gasteiger charge is -2.51. The minimum atomic E-state index is -0.469. The minimum absolute atomic E-state index is 0. The average Bonchev–Trinajstić information content (AvgIpc) is 2.66. The molecule has 136 valence electrons. The summed E-state index contributed by atoms with van der Waals surface area (Å²) in [6.07, 6.45) is 4.97. The number of pyridine rings is 1. The first-order valence-electron chi connectivity index (χ1n) is 9.06. The third kappa shape index (κ3) is 3.29. The second kappa shape index (κ2) is 7.60. The first kappa shape index (κ1) is 18.6. The first-order chi connectivity index (χ1) is 11.7. The maximum absolute atomic E-state index is 11.2. The van der Waals surface area contributed by atoms with E-state index in [0.717, 1.165) is 53.6 Å². The van der Waals surface area contributed by atoms with Crippen molar-refractivity contribution in [1.82, 2.24) is 9.88 Å². The second-order valence-electron chi connectivity index (χ2n) is 7.24. The van der Waals surface area contributed by atoms with Gasteiger partial charge in [-0.05, 0) is 61.1 Å².